The monoisotopic (exact) mass is 253 g/mol. The topological polar surface area (TPSA) is 29.5 Å². The average molecular weight is 254 g/mol. The third kappa shape index (κ3) is 2.55. The van der Waals surface area contributed by atoms with E-state index in [1.54, 1.807) is 7.11 Å². The molecule has 1 saturated heterocycles. The SMILES string of the molecule is COc1cc(Cl)c(C)cc1N1CCCC(=O)C1. The summed E-state index contributed by atoms with van der Waals surface area (Å²) in [5.74, 6) is 1.02. The highest BCUT2D eigenvalue weighted by Crippen LogP contribution is 2.34. The van der Waals surface area contributed by atoms with Gasteiger partial charge in [0, 0.05) is 24.1 Å². The second kappa shape index (κ2) is 4.96. The number of aryl methyl sites for hydroxylation is 1. The van der Waals surface area contributed by atoms with E-state index in [2.05, 4.69) is 4.90 Å². The molecule has 3 nitrogen and oxygen atoms in total. The number of rotatable bonds is 2. The molecule has 2 rings (SSSR count). The van der Waals surface area contributed by atoms with Crippen LogP contribution >= 0.6 is 11.6 Å². The fourth-order valence-electron chi connectivity index (χ4n) is 2.10. The highest BCUT2D eigenvalue weighted by atomic mass is 35.5. The average Bonchev–Trinajstić information content (AvgIpc) is 2.32. The molecule has 1 aliphatic heterocycles. The van der Waals surface area contributed by atoms with Crippen LogP contribution in [-0.4, -0.2) is 26.0 Å². The van der Waals surface area contributed by atoms with Gasteiger partial charge in [-0.2, -0.15) is 0 Å². The number of methoxy groups -OCH3 is 1. The zero-order chi connectivity index (χ0) is 12.4. The van der Waals surface area contributed by atoms with Crippen LogP contribution in [0.2, 0.25) is 5.02 Å². The maximum atomic E-state index is 11.5. The Balaban J connectivity index is 2.36. The van der Waals surface area contributed by atoms with E-state index in [9.17, 15) is 4.79 Å². The summed E-state index contributed by atoms with van der Waals surface area (Å²) < 4.78 is 5.33. The molecule has 0 aromatic heterocycles. The van der Waals surface area contributed by atoms with Crippen molar-refractivity contribution < 1.29 is 9.53 Å². The summed E-state index contributed by atoms with van der Waals surface area (Å²) in [5, 5.41) is 0.689. The van der Waals surface area contributed by atoms with Crippen LogP contribution in [0.4, 0.5) is 5.69 Å². The zero-order valence-corrected chi connectivity index (χ0v) is 10.9. The molecule has 0 N–H and O–H groups in total. The Hall–Kier alpha value is -1.22. The van der Waals surface area contributed by atoms with E-state index in [-0.39, 0.29) is 5.78 Å². The summed E-state index contributed by atoms with van der Waals surface area (Å²) in [6.45, 7) is 3.32. The number of ether oxygens (including phenoxy) is 1. The molecule has 0 bridgehead atoms. The molecule has 0 aliphatic carbocycles. The van der Waals surface area contributed by atoms with E-state index in [1.807, 2.05) is 19.1 Å². The van der Waals surface area contributed by atoms with Crippen molar-refractivity contribution in [2.24, 2.45) is 0 Å². The van der Waals surface area contributed by atoms with Crippen molar-refractivity contribution in [3.63, 3.8) is 0 Å². The van der Waals surface area contributed by atoms with Gasteiger partial charge in [-0.05, 0) is 25.0 Å². The number of carbonyl (C=O) groups is 1. The summed E-state index contributed by atoms with van der Waals surface area (Å²) in [5.41, 5.74) is 1.96. The Morgan fingerprint density at radius 2 is 2.18 bits per heavy atom. The molecule has 4 heteroatoms. The highest BCUT2D eigenvalue weighted by molar-refractivity contribution is 6.31. The van der Waals surface area contributed by atoms with Gasteiger partial charge in [0.1, 0.15) is 5.75 Å². The number of hydrogen-bond acceptors (Lipinski definition) is 3. The van der Waals surface area contributed by atoms with Crippen molar-refractivity contribution in [3.8, 4) is 5.75 Å². The second-order valence-corrected chi connectivity index (χ2v) is 4.74. The van der Waals surface area contributed by atoms with E-state index >= 15 is 0 Å². The van der Waals surface area contributed by atoms with Gasteiger partial charge in [-0.15, -0.1) is 0 Å². The molecular weight excluding hydrogens is 238 g/mol. The Labute approximate surface area is 106 Å². The molecule has 0 saturated carbocycles. The third-order valence-electron chi connectivity index (χ3n) is 3.05. The quantitative estimate of drug-likeness (QED) is 0.812. The molecule has 1 aromatic carbocycles. The Morgan fingerprint density at radius 3 is 2.82 bits per heavy atom. The molecular formula is C13H16ClNO2. The van der Waals surface area contributed by atoms with E-state index in [0.717, 1.165) is 30.0 Å². The summed E-state index contributed by atoms with van der Waals surface area (Å²) in [6, 6.07) is 3.80. The molecule has 1 aromatic rings. The number of nitrogens with zero attached hydrogens (tertiary/aromatic N) is 1. The van der Waals surface area contributed by atoms with Gasteiger partial charge in [0.25, 0.3) is 0 Å². The third-order valence-corrected chi connectivity index (χ3v) is 3.46. The van der Waals surface area contributed by atoms with Gasteiger partial charge in [-0.3, -0.25) is 4.79 Å². The minimum Gasteiger partial charge on any atom is -0.495 e. The highest BCUT2D eigenvalue weighted by Gasteiger charge is 2.20. The first kappa shape index (κ1) is 12.2. The second-order valence-electron chi connectivity index (χ2n) is 4.34. The summed E-state index contributed by atoms with van der Waals surface area (Å²) >= 11 is 6.07. The molecule has 0 radical (unpaired) electrons. The largest absolute Gasteiger partial charge is 0.495 e. The molecule has 0 unspecified atom stereocenters. The number of carbonyl (C=O) groups excluding carboxylic acids is 1. The predicted molar refractivity (Wildman–Crippen MR) is 69.2 cm³/mol. The fourth-order valence-corrected chi connectivity index (χ4v) is 2.26. The predicted octanol–water partition coefficient (Wildman–Crippen LogP) is 2.83. The first-order chi connectivity index (χ1) is 8.11. The maximum Gasteiger partial charge on any atom is 0.152 e. The summed E-state index contributed by atoms with van der Waals surface area (Å²) in [6.07, 6.45) is 1.59. The van der Waals surface area contributed by atoms with Crippen molar-refractivity contribution in [1.29, 1.82) is 0 Å². The molecule has 0 amide bonds. The lowest BCUT2D eigenvalue weighted by Crippen LogP contribution is -2.35. The lowest BCUT2D eigenvalue weighted by molar-refractivity contribution is -0.118. The number of Topliss-reactive ketones (excluding diaryl/α,β-unsaturated/α-hetero) is 1. The molecule has 0 atom stereocenters. The van der Waals surface area contributed by atoms with Crippen LogP contribution < -0.4 is 9.64 Å². The molecule has 1 aliphatic rings. The number of ketones is 1. The van der Waals surface area contributed by atoms with Crippen LogP contribution in [-0.2, 0) is 4.79 Å². The van der Waals surface area contributed by atoms with Crippen molar-refractivity contribution in [3.05, 3.63) is 22.7 Å². The van der Waals surface area contributed by atoms with Gasteiger partial charge in [-0.1, -0.05) is 11.6 Å². The number of anilines is 1. The number of piperidine rings is 1. The molecule has 17 heavy (non-hydrogen) atoms. The van der Waals surface area contributed by atoms with Crippen LogP contribution in [0.25, 0.3) is 0 Å². The Kier molecular flexibility index (Phi) is 3.57. The van der Waals surface area contributed by atoms with Gasteiger partial charge >= 0.3 is 0 Å². The van der Waals surface area contributed by atoms with E-state index in [0.29, 0.717) is 18.0 Å². The lowest BCUT2D eigenvalue weighted by Gasteiger charge is -2.29. The Morgan fingerprint density at radius 1 is 1.41 bits per heavy atom. The first-order valence-electron chi connectivity index (χ1n) is 5.72. The molecule has 92 valence electrons. The van der Waals surface area contributed by atoms with Crippen molar-refractivity contribution in [2.45, 2.75) is 19.8 Å². The lowest BCUT2D eigenvalue weighted by atomic mass is 10.1. The molecule has 1 fully saturated rings. The fraction of sp³-hybridized carbons (Fsp3) is 0.462. The number of benzene rings is 1. The van der Waals surface area contributed by atoms with Gasteiger partial charge in [0.15, 0.2) is 5.78 Å². The molecule has 0 spiro atoms. The zero-order valence-electron chi connectivity index (χ0n) is 10.1. The standard InChI is InChI=1S/C13H16ClNO2/c1-9-6-12(13(17-2)7-11(9)14)15-5-3-4-10(16)8-15/h6-7H,3-5,8H2,1-2H3. The van der Waals surface area contributed by atoms with E-state index in [4.69, 9.17) is 16.3 Å². The van der Waals surface area contributed by atoms with Gasteiger partial charge in [0.05, 0.1) is 19.3 Å². The van der Waals surface area contributed by atoms with Crippen LogP contribution in [0.5, 0.6) is 5.75 Å². The number of hydrogen-bond donors (Lipinski definition) is 0. The van der Waals surface area contributed by atoms with Crippen LogP contribution in [0.3, 0.4) is 0 Å². The van der Waals surface area contributed by atoms with Gasteiger partial charge in [0.2, 0.25) is 0 Å². The van der Waals surface area contributed by atoms with Crippen molar-refractivity contribution in [1.82, 2.24) is 0 Å². The van der Waals surface area contributed by atoms with Crippen molar-refractivity contribution in [2.75, 3.05) is 25.1 Å². The van der Waals surface area contributed by atoms with Crippen LogP contribution in [0, 0.1) is 6.92 Å². The summed E-state index contributed by atoms with van der Waals surface area (Å²) in [7, 11) is 1.62. The van der Waals surface area contributed by atoms with Crippen molar-refractivity contribution >= 4 is 23.1 Å². The Bertz CT molecular complexity index is 445. The normalized spacial score (nSPS) is 16.2. The van der Waals surface area contributed by atoms with E-state index < -0.39 is 0 Å². The first-order valence-corrected chi connectivity index (χ1v) is 6.10. The number of halogens is 1. The smallest absolute Gasteiger partial charge is 0.152 e. The maximum absolute atomic E-state index is 11.5. The van der Waals surface area contributed by atoms with E-state index in [1.165, 1.54) is 0 Å². The van der Waals surface area contributed by atoms with Crippen LogP contribution in [0.15, 0.2) is 12.1 Å². The minimum absolute atomic E-state index is 0.283. The van der Waals surface area contributed by atoms with Crippen LogP contribution in [0.1, 0.15) is 18.4 Å². The van der Waals surface area contributed by atoms with Gasteiger partial charge in [-0.25, -0.2) is 0 Å². The van der Waals surface area contributed by atoms with Gasteiger partial charge < -0.3 is 9.64 Å². The molecule has 1 heterocycles. The summed E-state index contributed by atoms with van der Waals surface area (Å²) in [4.78, 5) is 13.6. The minimum atomic E-state index is 0.283.